The van der Waals surface area contributed by atoms with Gasteiger partial charge in [0.1, 0.15) is 28.7 Å². The van der Waals surface area contributed by atoms with Crippen LogP contribution in [-0.2, 0) is 0 Å². The molecule has 120 valence electrons. The predicted octanol–water partition coefficient (Wildman–Crippen LogP) is 3.59. The SMILES string of the molecule is Oc1cccc(O)c1.Oc1cccc(O)c1.Oc1ccccc1. The zero-order chi connectivity index (χ0) is 17.1. The number of hydrogen-bond acceptors (Lipinski definition) is 5. The largest absolute Gasteiger partial charge is 0.508 e. The van der Waals surface area contributed by atoms with Gasteiger partial charge in [0.25, 0.3) is 0 Å². The molecule has 5 N–H and O–H groups in total. The number of para-hydroxylation sites is 1. The molecule has 5 nitrogen and oxygen atoms in total. The third-order valence-corrected chi connectivity index (χ3v) is 2.42. The summed E-state index contributed by atoms with van der Waals surface area (Å²) in [6.07, 6.45) is 0. The van der Waals surface area contributed by atoms with Crippen molar-refractivity contribution in [3.05, 3.63) is 78.9 Å². The fraction of sp³-hybridized carbons (Fsp3) is 0. The van der Waals surface area contributed by atoms with Gasteiger partial charge in [-0.15, -0.1) is 0 Å². The molecule has 0 aromatic heterocycles. The van der Waals surface area contributed by atoms with Gasteiger partial charge < -0.3 is 25.5 Å². The first-order valence-corrected chi connectivity index (χ1v) is 6.67. The molecule has 0 fully saturated rings. The lowest BCUT2D eigenvalue weighted by Gasteiger charge is -1.89. The highest BCUT2D eigenvalue weighted by atomic mass is 16.3. The summed E-state index contributed by atoms with van der Waals surface area (Å²) in [6, 6.07) is 20.4. The Labute approximate surface area is 134 Å². The van der Waals surface area contributed by atoms with Gasteiger partial charge >= 0.3 is 0 Å². The van der Waals surface area contributed by atoms with E-state index >= 15 is 0 Å². The van der Waals surface area contributed by atoms with E-state index in [0.29, 0.717) is 5.75 Å². The van der Waals surface area contributed by atoms with E-state index in [9.17, 15) is 0 Å². The minimum absolute atomic E-state index is 0.0880. The fourth-order valence-electron chi connectivity index (χ4n) is 1.41. The molecule has 0 atom stereocenters. The van der Waals surface area contributed by atoms with E-state index in [1.54, 1.807) is 36.4 Å². The molecular weight excluding hydrogens is 296 g/mol. The van der Waals surface area contributed by atoms with E-state index in [0.717, 1.165) is 0 Å². The summed E-state index contributed by atoms with van der Waals surface area (Å²) in [5.41, 5.74) is 0. The van der Waals surface area contributed by atoms with Gasteiger partial charge in [0, 0.05) is 12.1 Å². The van der Waals surface area contributed by atoms with E-state index in [4.69, 9.17) is 25.5 Å². The Kier molecular flexibility index (Phi) is 7.37. The van der Waals surface area contributed by atoms with Crippen molar-refractivity contribution in [3.8, 4) is 28.7 Å². The van der Waals surface area contributed by atoms with Crippen molar-refractivity contribution >= 4 is 0 Å². The highest BCUT2D eigenvalue weighted by Crippen LogP contribution is 2.15. The average Bonchev–Trinajstić information content (AvgIpc) is 2.49. The van der Waals surface area contributed by atoms with Gasteiger partial charge in [-0.3, -0.25) is 0 Å². The summed E-state index contributed by atoms with van der Waals surface area (Å²) >= 11 is 0. The van der Waals surface area contributed by atoms with Crippen molar-refractivity contribution in [1.29, 1.82) is 0 Å². The summed E-state index contributed by atoms with van der Waals surface area (Å²) in [6.45, 7) is 0. The van der Waals surface area contributed by atoms with Crippen molar-refractivity contribution in [2.45, 2.75) is 0 Å². The first kappa shape index (κ1) is 17.7. The molecule has 0 spiro atoms. The van der Waals surface area contributed by atoms with Crippen molar-refractivity contribution in [2.24, 2.45) is 0 Å². The Morgan fingerprint density at radius 1 is 0.348 bits per heavy atom. The monoisotopic (exact) mass is 314 g/mol. The van der Waals surface area contributed by atoms with Crippen LogP contribution in [0.4, 0.5) is 0 Å². The molecule has 0 saturated heterocycles. The minimum Gasteiger partial charge on any atom is -0.508 e. The summed E-state index contributed by atoms with van der Waals surface area (Å²) in [4.78, 5) is 0. The van der Waals surface area contributed by atoms with Crippen LogP contribution < -0.4 is 0 Å². The van der Waals surface area contributed by atoms with E-state index in [2.05, 4.69) is 0 Å². The molecule has 0 unspecified atom stereocenters. The van der Waals surface area contributed by atoms with Crippen LogP contribution in [0.3, 0.4) is 0 Å². The van der Waals surface area contributed by atoms with E-state index in [-0.39, 0.29) is 23.0 Å². The third-order valence-electron chi connectivity index (χ3n) is 2.42. The summed E-state index contributed by atoms with van der Waals surface area (Å²) in [5, 5.41) is 43.2. The van der Waals surface area contributed by atoms with Gasteiger partial charge in [-0.1, -0.05) is 30.3 Å². The summed E-state index contributed by atoms with van der Waals surface area (Å²) < 4.78 is 0. The van der Waals surface area contributed by atoms with Crippen molar-refractivity contribution in [3.63, 3.8) is 0 Å². The third kappa shape index (κ3) is 8.52. The number of phenolic OH excluding ortho intramolecular Hbond substituents is 5. The van der Waals surface area contributed by atoms with Crippen LogP contribution >= 0.6 is 0 Å². The van der Waals surface area contributed by atoms with Crippen molar-refractivity contribution < 1.29 is 25.5 Å². The summed E-state index contributed by atoms with van der Waals surface area (Å²) in [5.74, 6) is 0.674. The molecule has 0 bridgehead atoms. The summed E-state index contributed by atoms with van der Waals surface area (Å²) in [7, 11) is 0. The van der Waals surface area contributed by atoms with Crippen molar-refractivity contribution in [1.82, 2.24) is 0 Å². The van der Waals surface area contributed by atoms with Crippen LogP contribution in [0.15, 0.2) is 78.9 Å². The number of aromatic hydroxyl groups is 5. The molecule has 3 rings (SSSR count). The highest BCUT2D eigenvalue weighted by Gasteiger charge is 1.86. The zero-order valence-electron chi connectivity index (χ0n) is 12.2. The van der Waals surface area contributed by atoms with Crippen LogP contribution in [0, 0.1) is 0 Å². The molecule has 0 amide bonds. The Morgan fingerprint density at radius 3 is 0.826 bits per heavy atom. The number of phenols is 5. The Bertz CT molecular complexity index is 621. The molecule has 3 aromatic rings. The molecule has 5 heteroatoms. The lowest BCUT2D eigenvalue weighted by molar-refractivity contribution is 0.449. The lowest BCUT2D eigenvalue weighted by Crippen LogP contribution is -1.61. The van der Waals surface area contributed by atoms with Crippen LogP contribution in [0.1, 0.15) is 0 Å². The smallest absolute Gasteiger partial charge is 0.119 e. The quantitative estimate of drug-likeness (QED) is 0.436. The second kappa shape index (κ2) is 9.57. The van der Waals surface area contributed by atoms with Crippen LogP contribution in [0.2, 0.25) is 0 Å². The number of hydrogen-bond donors (Lipinski definition) is 5. The first-order chi connectivity index (χ1) is 11.0. The maximum atomic E-state index is 8.65. The van der Waals surface area contributed by atoms with Crippen molar-refractivity contribution in [2.75, 3.05) is 0 Å². The average molecular weight is 314 g/mol. The minimum atomic E-state index is 0.0880. The molecule has 3 aromatic carbocycles. The first-order valence-electron chi connectivity index (χ1n) is 6.67. The van der Waals surface area contributed by atoms with Gasteiger partial charge in [0.05, 0.1) is 0 Å². The molecule has 23 heavy (non-hydrogen) atoms. The molecular formula is C18H18O5. The van der Waals surface area contributed by atoms with Gasteiger partial charge in [-0.2, -0.15) is 0 Å². The maximum Gasteiger partial charge on any atom is 0.119 e. The second-order valence-corrected chi connectivity index (χ2v) is 4.38. The molecule has 0 aliphatic heterocycles. The van der Waals surface area contributed by atoms with E-state index in [1.807, 2.05) is 6.07 Å². The molecule has 0 radical (unpaired) electrons. The van der Waals surface area contributed by atoms with E-state index in [1.165, 1.54) is 36.4 Å². The van der Waals surface area contributed by atoms with Gasteiger partial charge in [-0.05, 0) is 36.4 Å². The van der Waals surface area contributed by atoms with E-state index < -0.39 is 0 Å². The standard InChI is InChI=1S/2C6H6O2.C6H6O/c2*7-5-2-1-3-6(8)4-5;7-6-4-2-1-3-5-6/h2*1-4,7-8H;1-5,7H. The van der Waals surface area contributed by atoms with Crippen LogP contribution in [-0.4, -0.2) is 25.5 Å². The maximum absolute atomic E-state index is 8.65. The van der Waals surface area contributed by atoms with Gasteiger partial charge in [-0.25, -0.2) is 0 Å². The Hall–Kier alpha value is -3.34. The zero-order valence-corrected chi connectivity index (χ0v) is 12.2. The molecule has 0 saturated carbocycles. The van der Waals surface area contributed by atoms with Crippen LogP contribution in [0.25, 0.3) is 0 Å². The predicted molar refractivity (Wildman–Crippen MR) is 87.7 cm³/mol. The molecule has 0 aliphatic carbocycles. The molecule has 0 aliphatic rings. The normalized spacial score (nSPS) is 8.87. The van der Waals surface area contributed by atoms with Gasteiger partial charge in [0.15, 0.2) is 0 Å². The van der Waals surface area contributed by atoms with Gasteiger partial charge in [0.2, 0.25) is 0 Å². The fourth-order valence-corrected chi connectivity index (χ4v) is 1.41. The lowest BCUT2D eigenvalue weighted by atomic mass is 10.3. The second-order valence-electron chi connectivity index (χ2n) is 4.38. The molecule has 0 heterocycles. The topological polar surface area (TPSA) is 101 Å². The Balaban J connectivity index is 0.000000173. The highest BCUT2D eigenvalue weighted by molar-refractivity contribution is 5.30. The number of rotatable bonds is 0. The Morgan fingerprint density at radius 2 is 0.652 bits per heavy atom. The van der Waals surface area contributed by atoms with Crippen LogP contribution in [0.5, 0.6) is 28.7 Å². The number of benzene rings is 3.